The van der Waals surface area contributed by atoms with E-state index >= 15 is 0 Å². The van der Waals surface area contributed by atoms with E-state index in [1.54, 1.807) is 22.6 Å². The molecule has 0 aromatic carbocycles. The second-order valence-electron chi connectivity index (χ2n) is 2.62. The van der Waals surface area contributed by atoms with Crippen LogP contribution in [0.1, 0.15) is 5.69 Å². The standard InChI is InChI=1S/C8H6BrF3INO2/c1-15-5-2-4(3-9)14-7(13)6(5)16-8(10,11)12/h2H,3H2,1H3. The largest absolute Gasteiger partial charge is 0.573 e. The summed E-state index contributed by atoms with van der Waals surface area (Å²) in [5, 5.41) is 0.422. The van der Waals surface area contributed by atoms with Crippen molar-refractivity contribution < 1.29 is 22.6 Å². The number of hydrogen-bond acceptors (Lipinski definition) is 3. The molecule has 0 aliphatic rings. The van der Waals surface area contributed by atoms with Crippen molar-refractivity contribution in [2.75, 3.05) is 7.11 Å². The minimum atomic E-state index is -4.76. The first-order valence-electron chi connectivity index (χ1n) is 3.92. The van der Waals surface area contributed by atoms with Gasteiger partial charge in [-0.1, -0.05) is 15.9 Å². The van der Waals surface area contributed by atoms with E-state index in [9.17, 15) is 13.2 Å². The van der Waals surface area contributed by atoms with Crippen LogP contribution in [0.3, 0.4) is 0 Å². The quantitative estimate of drug-likeness (QED) is 0.433. The summed E-state index contributed by atoms with van der Waals surface area (Å²) in [5.74, 6) is -0.411. The van der Waals surface area contributed by atoms with Gasteiger partial charge in [0.05, 0.1) is 12.8 Å². The molecule has 0 N–H and O–H groups in total. The summed E-state index contributed by atoms with van der Waals surface area (Å²) in [6.45, 7) is 0. The van der Waals surface area contributed by atoms with Gasteiger partial charge in [-0.2, -0.15) is 0 Å². The molecule has 1 aromatic heterocycles. The second kappa shape index (κ2) is 5.39. The highest BCUT2D eigenvalue weighted by Gasteiger charge is 2.34. The molecule has 90 valence electrons. The molecule has 0 amide bonds. The number of ether oxygens (including phenoxy) is 2. The summed E-state index contributed by atoms with van der Waals surface area (Å²) >= 11 is 4.82. The molecule has 0 radical (unpaired) electrons. The number of nitrogens with zero attached hydrogens (tertiary/aromatic N) is 1. The Balaban J connectivity index is 3.16. The lowest BCUT2D eigenvalue weighted by Crippen LogP contribution is -2.19. The number of rotatable bonds is 3. The van der Waals surface area contributed by atoms with Crippen LogP contribution in [0.5, 0.6) is 11.5 Å². The zero-order valence-electron chi connectivity index (χ0n) is 7.94. The lowest BCUT2D eigenvalue weighted by Gasteiger charge is -2.14. The molecule has 0 bridgehead atoms. The van der Waals surface area contributed by atoms with Crippen LogP contribution in [0, 0.1) is 3.70 Å². The Hall–Kier alpha value is -0.250. The first-order valence-corrected chi connectivity index (χ1v) is 6.12. The van der Waals surface area contributed by atoms with Gasteiger partial charge in [-0.25, -0.2) is 4.98 Å². The van der Waals surface area contributed by atoms with Gasteiger partial charge in [0.25, 0.3) is 0 Å². The summed E-state index contributed by atoms with van der Waals surface area (Å²) in [7, 11) is 1.27. The van der Waals surface area contributed by atoms with E-state index in [-0.39, 0.29) is 9.45 Å². The maximum absolute atomic E-state index is 12.1. The third-order valence-electron chi connectivity index (χ3n) is 1.53. The monoisotopic (exact) mass is 411 g/mol. The molecular weight excluding hydrogens is 406 g/mol. The normalized spacial score (nSPS) is 11.4. The van der Waals surface area contributed by atoms with Crippen LogP contribution in [0.4, 0.5) is 13.2 Å². The van der Waals surface area contributed by atoms with Crippen LogP contribution in [-0.4, -0.2) is 18.5 Å². The molecule has 0 atom stereocenters. The minimum Gasteiger partial charge on any atom is -0.493 e. The van der Waals surface area contributed by atoms with Crippen LogP contribution < -0.4 is 9.47 Å². The topological polar surface area (TPSA) is 31.4 Å². The van der Waals surface area contributed by atoms with Crippen molar-refractivity contribution in [3.63, 3.8) is 0 Å². The van der Waals surface area contributed by atoms with Gasteiger partial charge < -0.3 is 9.47 Å². The van der Waals surface area contributed by atoms with Crippen molar-refractivity contribution in [2.45, 2.75) is 11.7 Å². The van der Waals surface area contributed by atoms with Crippen LogP contribution in [0.2, 0.25) is 0 Å². The van der Waals surface area contributed by atoms with Crippen molar-refractivity contribution in [1.82, 2.24) is 4.98 Å². The fourth-order valence-electron chi connectivity index (χ4n) is 0.956. The number of hydrogen-bond donors (Lipinski definition) is 0. The fourth-order valence-corrected chi connectivity index (χ4v) is 1.93. The molecule has 1 rings (SSSR count). The summed E-state index contributed by atoms with van der Waals surface area (Å²) in [6.07, 6.45) is -4.76. The summed E-state index contributed by atoms with van der Waals surface area (Å²) in [6, 6.07) is 1.39. The maximum Gasteiger partial charge on any atom is 0.573 e. The predicted molar refractivity (Wildman–Crippen MR) is 62.8 cm³/mol. The van der Waals surface area contributed by atoms with Crippen molar-refractivity contribution in [3.8, 4) is 11.5 Å². The maximum atomic E-state index is 12.1. The van der Waals surface area contributed by atoms with Gasteiger partial charge in [-0.15, -0.1) is 13.2 Å². The SMILES string of the molecule is COc1cc(CBr)nc(I)c1OC(F)(F)F. The average Bonchev–Trinajstić information content (AvgIpc) is 2.19. The van der Waals surface area contributed by atoms with Gasteiger partial charge in [0.1, 0.15) is 3.70 Å². The van der Waals surface area contributed by atoms with E-state index in [0.29, 0.717) is 11.0 Å². The molecule has 0 fully saturated rings. The van der Waals surface area contributed by atoms with Gasteiger partial charge in [-0.3, -0.25) is 0 Å². The number of halogens is 5. The molecule has 0 spiro atoms. The molecule has 0 saturated carbocycles. The zero-order valence-corrected chi connectivity index (χ0v) is 11.7. The predicted octanol–water partition coefficient (Wildman–Crippen LogP) is 3.49. The first-order chi connectivity index (χ1) is 7.37. The molecule has 0 aliphatic carbocycles. The van der Waals surface area contributed by atoms with E-state index in [2.05, 4.69) is 25.7 Å². The van der Waals surface area contributed by atoms with E-state index < -0.39 is 12.1 Å². The van der Waals surface area contributed by atoms with Crippen molar-refractivity contribution in [3.05, 3.63) is 15.5 Å². The van der Waals surface area contributed by atoms with E-state index in [0.717, 1.165) is 0 Å². The van der Waals surface area contributed by atoms with Gasteiger partial charge in [-0.05, 0) is 22.6 Å². The van der Waals surface area contributed by atoms with Crippen LogP contribution in [0.25, 0.3) is 0 Å². The number of alkyl halides is 4. The van der Waals surface area contributed by atoms with Gasteiger partial charge in [0.15, 0.2) is 5.75 Å². The Morgan fingerprint density at radius 1 is 1.50 bits per heavy atom. The summed E-state index contributed by atoms with van der Waals surface area (Å²) in [5.41, 5.74) is 0.566. The van der Waals surface area contributed by atoms with Crippen LogP contribution >= 0.6 is 38.5 Å². The number of pyridine rings is 1. The fraction of sp³-hybridized carbons (Fsp3) is 0.375. The van der Waals surface area contributed by atoms with Crippen molar-refractivity contribution in [1.29, 1.82) is 0 Å². The molecule has 0 saturated heterocycles. The van der Waals surface area contributed by atoms with Gasteiger partial charge in [0, 0.05) is 11.4 Å². The van der Waals surface area contributed by atoms with E-state index in [1.165, 1.54) is 13.2 Å². The summed E-state index contributed by atoms with van der Waals surface area (Å²) in [4.78, 5) is 3.92. The Morgan fingerprint density at radius 3 is 2.56 bits per heavy atom. The lowest BCUT2D eigenvalue weighted by molar-refractivity contribution is -0.275. The Kier molecular flexibility index (Phi) is 4.65. The van der Waals surface area contributed by atoms with Crippen molar-refractivity contribution >= 4 is 38.5 Å². The molecule has 1 heterocycles. The smallest absolute Gasteiger partial charge is 0.493 e. The van der Waals surface area contributed by atoms with E-state index in [1.807, 2.05) is 0 Å². The van der Waals surface area contributed by atoms with Crippen LogP contribution in [0.15, 0.2) is 6.07 Å². The number of methoxy groups -OCH3 is 1. The highest BCUT2D eigenvalue weighted by Crippen LogP contribution is 2.36. The Morgan fingerprint density at radius 2 is 2.12 bits per heavy atom. The third-order valence-corrected chi connectivity index (χ3v) is 2.83. The highest BCUT2D eigenvalue weighted by atomic mass is 127. The molecule has 0 unspecified atom stereocenters. The molecule has 3 nitrogen and oxygen atoms in total. The average molecular weight is 412 g/mol. The molecule has 8 heteroatoms. The molecule has 0 aliphatic heterocycles. The Labute approximate surface area is 112 Å². The molecular formula is C8H6BrF3INO2. The van der Waals surface area contributed by atoms with E-state index in [4.69, 9.17) is 4.74 Å². The third kappa shape index (κ3) is 3.65. The minimum absolute atomic E-state index is 0.00572. The van der Waals surface area contributed by atoms with Crippen LogP contribution in [-0.2, 0) is 5.33 Å². The highest BCUT2D eigenvalue weighted by molar-refractivity contribution is 14.1. The molecule has 16 heavy (non-hydrogen) atoms. The van der Waals surface area contributed by atoms with Gasteiger partial charge >= 0.3 is 6.36 Å². The second-order valence-corrected chi connectivity index (χ2v) is 4.20. The molecule has 1 aromatic rings. The Bertz CT molecular complexity index is 386. The zero-order chi connectivity index (χ0) is 12.3. The lowest BCUT2D eigenvalue weighted by atomic mass is 10.3. The summed E-state index contributed by atoms with van der Waals surface area (Å²) < 4.78 is 45.1. The van der Waals surface area contributed by atoms with Gasteiger partial charge in [0.2, 0.25) is 5.75 Å². The first kappa shape index (κ1) is 13.8. The number of aromatic nitrogens is 1. The van der Waals surface area contributed by atoms with Crippen molar-refractivity contribution in [2.24, 2.45) is 0 Å².